The molecule has 1 aliphatic rings. The van der Waals surface area contributed by atoms with Crippen LogP contribution in [0.1, 0.15) is 38.5 Å². The molecule has 3 atom stereocenters. The van der Waals surface area contributed by atoms with Crippen molar-refractivity contribution in [1.82, 2.24) is 14.3 Å². The fourth-order valence-electron chi connectivity index (χ4n) is 2.23. The van der Waals surface area contributed by atoms with Crippen LogP contribution in [0.5, 0.6) is 0 Å². The summed E-state index contributed by atoms with van der Waals surface area (Å²) in [5.41, 5.74) is 0. The van der Waals surface area contributed by atoms with Gasteiger partial charge in [0.25, 0.3) is 10.2 Å². The number of hydrogen-bond acceptors (Lipinski definition) is 4. The van der Waals surface area contributed by atoms with E-state index in [2.05, 4.69) is 10.0 Å². The van der Waals surface area contributed by atoms with Gasteiger partial charge < -0.3 is 9.73 Å². The van der Waals surface area contributed by atoms with Gasteiger partial charge in [-0.1, -0.05) is 6.92 Å². The van der Waals surface area contributed by atoms with Crippen molar-refractivity contribution in [2.75, 3.05) is 7.05 Å². The molecule has 21 heavy (non-hydrogen) atoms. The molecule has 0 radical (unpaired) electrons. The van der Waals surface area contributed by atoms with Crippen LogP contribution in [0.3, 0.4) is 0 Å². The number of hydrogen-bond donors (Lipinski definition) is 2. The van der Waals surface area contributed by atoms with Crippen LogP contribution in [0.15, 0.2) is 22.8 Å². The van der Waals surface area contributed by atoms with Crippen molar-refractivity contribution >= 4 is 16.1 Å². The summed E-state index contributed by atoms with van der Waals surface area (Å²) in [4.78, 5) is 12.3. The third kappa shape index (κ3) is 3.45. The average Bonchev–Trinajstić information content (AvgIpc) is 2.95. The monoisotopic (exact) mass is 315 g/mol. The van der Waals surface area contributed by atoms with E-state index in [1.807, 2.05) is 13.8 Å². The minimum atomic E-state index is -3.71. The maximum atomic E-state index is 12.3. The van der Waals surface area contributed by atoms with E-state index >= 15 is 0 Å². The molecule has 1 aromatic rings. The molecule has 1 saturated heterocycles. The Morgan fingerprint density at radius 1 is 1.62 bits per heavy atom. The van der Waals surface area contributed by atoms with E-state index in [0.29, 0.717) is 12.2 Å². The van der Waals surface area contributed by atoms with Gasteiger partial charge in [0, 0.05) is 13.1 Å². The Hall–Kier alpha value is -1.38. The van der Waals surface area contributed by atoms with Gasteiger partial charge in [-0.3, -0.25) is 4.79 Å². The predicted octanol–water partition coefficient (Wildman–Crippen LogP) is 0.774. The minimum Gasteiger partial charge on any atom is -0.468 e. The second-order valence-electron chi connectivity index (χ2n) is 5.28. The van der Waals surface area contributed by atoms with E-state index in [0.717, 1.165) is 10.7 Å². The summed E-state index contributed by atoms with van der Waals surface area (Å²) in [6.07, 6.45) is 2.59. The number of furan rings is 1. The molecule has 2 rings (SSSR count). The van der Waals surface area contributed by atoms with Gasteiger partial charge in [0.1, 0.15) is 11.8 Å². The Labute approximate surface area is 124 Å². The van der Waals surface area contributed by atoms with Crippen molar-refractivity contribution < 1.29 is 17.6 Å². The zero-order valence-corrected chi connectivity index (χ0v) is 13.2. The lowest BCUT2D eigenvalue weighted by Crippen LogP contribution is -2.57. The first kappa shape index (κ1) is 16.0. The van der Waals surface area contributed by atoms with E-state index in [1.165, 1.54) is 13.3 Å². The molecular weight excluding hydrogens is 294 g/mol. The van der Waals surface area contributed by atoms with E-state index in [9.17, 15) is 13.2 Å². The van der Waals surface area contributed by atoms with Gasteiger partial charge in [-0.2, -0.15) is 17.4 Å². The van der Waals surface area contributed by atoms with Crippen LogP contribution < -0.4 is 10.0 Å². The van der Waals surface area contributed by atoms with Crippen molar-refractivity contribution in [3.63, 3.8) is 0 Å². The zero-order chi connectivity index (χ0) is 15.6. The number of rotatable bonds is 4. The van der Waals surface area contributed by atoms with Gasteiger partial charge in [0.15, 0.2) is 0 Å². The van der Waals surface area contributed by atoms with Crippen LogP contribution in [-0.2, 0) is 15.0 Å². The highest BCUT2D eigenvalue weighted by atomic mass is 32.2. The van der Waals surface area contributed by atoms with Crippen LogP contribution in [0.4, 0.5) is 0 Å². The molecule has 1 amide bonds. The Morgan fingerprint density at radius 3 is 2.90 bits per heavy atom. The molecule has 0 aliphatic carbocycles. The van der Waals surface area contributed by atoms with Crippen LogP contribution in [0, 0.1) is 0 Å². The summed E-state index contributed by atoms with van der Waals surface area (Å²) in [5, 5.41) is 2.83. The van der Waals surface area contributed by atoms with E-state index < -0.39 is 22.3 Å². The number of amides is 1. The molecule has 0 aromatic carbocycles. The van der Waals surface area contributed by atoms with Crippen LogP contribution in [0.2, 0.25) is 0 Å². The maximum Gasteiger partial charge on any atom is 0.280 e. The first-order valence-electron chi connectivity index (χ1n) is 6.94. The SMILES string of the molecule is CCC(C)NC(=O)[C@H]1C[C@@H](c2ccco2)NS(=O)(=O)N1C. The topological polar surface area (TPSA) is 91.6 Å². The Bertz CT molecular complexity index is 585. The van der Waals surface area contributed by atoms with Crippen LogP contribution in [-0.4, -0.2) is 37.8 Å². The Morgan fingerprint density at radius 2 is 2.33 bits per heavy atom. The lowest BCUT2D eigenvalue weighted by Gasteiger charge is -2.35. The van der Waals surface area contributed by atoms with Gasteiger partial charge in [0.05, 0.1) is 12.3 Å². The zero-order valence-electron chi connectivity index (χ0n) is 12.4. The van der Waals surface area contributed by atoms with Crippen molar-refractivity contribution in [3.8, 4) is 0 Å². The van der Waals surface area contributed by atoms with Gasteiger partial charge in [-0.05, 0) is 31.9 Å². The van der Waals surface area contributed by atoms with Crippen molar-refractivity contribution in [3.05, 3.63) is 24.2 Å². The normalized spacial score (nSPS) is 27.2. The first-order chi connectivity index (χ1) is 9.85. The molecule has 7 nitrogen and oxygen atoms in total. The van der Waals surface area contributed by atoms with Crippen molar-refractivity contribution in [2.24, 2.45) is 0 Å². The Kier molecular flexibility index (Phi) is 4.70. The molecular formula is C13H21N3O4S. The fraction of sp³-hybridized carbons (Fsp3) is 0.615. The average molecular weight is 315 g/mol. The molecule has 2 N–H and O–H groups in total. The van der Waals surface area contributed by atoms with E-state index in [-0.39, 0.29) is 11.9 Å². The molecule has 0 spiro atoms. The Balaban J connectivity index is 2.21. The van der Waals surface area contributed by atoms with Gasteiger partial charge in [-0.25, -0.2) is 0 Å². The smallest absolute Gasteiger partial charge is 0.280 e. The first-order valence-corrected chi connectivity index (χ1v) is 8.38. The van der Waals surface area contributed by atoms with E-state index in [1.54, 1.807) is 12.1 Å². The highest BCUT2D eigenvalue weighted by Gasteiger charge is 2.41. The second-order valence-corrected chi connectivity index (χ2v) is 7.04. The third-order valence-corrected chi connectivity index (χ3v) is 5.35. The number of nitrogens with one attached hydrogen (secondary N) is 2. The summed E-state index contributed by atoms with van der Waals surface area (Å²) < 4.78 is 33.2. The molecule has 1 fully saturated rings. The number of carbonyl (C=O) groups is 1. The summed E-state index contributed by atoms with van der Waals surface area (Å²) in [6.45, 7) is 3.84. The van der Waals surface area contributed by atoms with Gasteiger partial charge in [0.2, 0.25) is 5.91 Å². The lowest BCUT2D eigenvalue weighted by molar-refractivity contribution is -0.125. The lowest BCUT2D eigenvalue weighted by atomic mass is 10.0. The van der Waals surface area contributed by atoms with Gasteiger partial charge in [-0.15, -0.1) is 0 Å². The fourth-order valence-corrected chi connectivity index (χ4v) is 3.48. The molecule has 118 valence electrons. The highest BCUT2D eigenvalue weighted by Crippen LogP contribution is 2.28. The summed E-state index contributed by atoms with van der Waals surface area (Å²) in [5.74, 6) is 0.224. The quantitative estimate of drug-likeness (QED) is 0.858. The molecule has 0 bridgehead atoms. The van der Waals surface area contributed by atoms with Crippen LogP contribution in [0.25, 0.3) is 0 Å². The minimum absolute atomic E-state index is 0.00514. The van der Waals surface area contributed by atoms with Crippen molar-refractivity contribution in [2.45, 2.75) is 44.8 Å². The van der Waals surface area contributed by atoms with Crippen molar-refractivity contribution in [1.29, 1.82) is 0 Å². The number of likely N-dealkylation sites (N-methyl/N-ethyl adjacent to an activating group) is 1. The molecule has 1 aliphatic heterocycles. The summed E-state index contributed by atoms with van der Waals surface area (Å²) in [6, 6.07) is 2.11. The largest absolute Gasteiger partial charge is 0.468 e. The molecule has 0 saturated carbocycles. The molecule has 8 heteroatoms. The predicted molar refractivity (Wildman–Crippen MR) is 77.6 cm³/mol. The maximum absolute atomic E-state index is 12.3. The highest BCUT2D eigenvalue weighted by molar-refractivity contribution is 7.87. The molecule has 1 aromatic heterocycles. The van der Waals surface area contributed by atoms with Crippen LogP contribution >= 0.6 is 0 Å². The molecule has 2 heterocycles. The number of nitrogens with zero attached hydrogens (tertiary/aromatic N) is 1. The third-order valence-electron chi connectivity index (χ3n) is 3.76. The molecule has 1 unspecified atom stereocenters. The number of carbonyl (C=O) groups excluding carboxylic acids is 1. The van der Waals surface area contributed by atoms with E-state index in [4.69, 9.17) is 4.42 Å². The second kappa shape index (κ2) is 6.17. The standard InChI is InChI=1S/C13H21N3O4S/c1-4-9(2)14-13(17)11-8-10(12-6-5-7-20-12)15-21(18,19)16(11)3/h5-7,9-11,15H,4,8H2,1-3H3,(H,14,17)/t9?,10-,11+/m0/s1. The summed E-state index contributed by atoms with van der Waals surface area (Å²) >= 11 is 0. The van der Waals surface area contributed by atoms with Gasteiger partial charge >= 0.3 is 0 Å². The summed E-state index contributed by atoms with van der Waals surface area (Å²) in [7, 11) is -2.31.